The fourth-order valence-electron chi connectivity index (χ4n) is 1.60. The first-order chi connectivity index (χ1) is 9.87. The van der Waals surface area contributed by atoms with Crippen LogP contribution in [0.4, 0.5) is 4.39 Å². The third kappa shape index (κ3) is 4.24. The van der Waals surface area contributed by atoms with E-state index in [-0.39, 0.29) is 17.2 Å². The van der Waals surface area contributed by atoms with Gasteiger partial charge in [-0.05, 0) is 23.8 Å². The first-order valence-electron chi connectivity index (χ1n) is 5.70. The quantitative estimate of drug-likeness (QED) is 0.924. The molecule has 0 fully saturated rings. The van der Waals surface area contributed by atoms with Crippen LogP contribution in [0.2, 0.25) is 0 Å². The molecule has 0 aliphatic heterocycles. The van der Waals surface area contributed by atoms with E-state index in [0.29, 0.717) is 5.56 Å². The molecule has 0 spiro atoms. The van der Waals surface area contributed by atoms with Gasteiger partial charge in [-0.1, -0.05) is 6.07 Å². The lowest BCUT2D eigenvalue weighted by Gasteiger charge is -2.07. The fourth-order valence-corrected chi connectivity index (χ4v) is 2.24. The van der Waals surface area contributed by atoms with E-state index in [4.69, 9.17) is 15.1 Å². The Kier molecular flexibility index (Phi) is 4.16. The zero-order valence-corrected chi connectivity index (χ0v) is 11.5. The molecule has 0 unspecified atom stereocenters. The van der Waals surface area contributed by atoms with Crippen molar-refractivity contribution in [3.63, 3.8) is 0 Å². The fraction of sp³-hybridized carbons (Fsp3) is 0.0769. The van der Waals surface area contributed by atoms with Crippen LogP contribution in [-0.4, -0.2) is 13.4 Å². The molecule has 0 aliphatic rings. The average molecular weight is 307 g/mol. The highest BCUT2D eigenvalue weighted by atomic mass is 32.2. The molecule has 8 heteroatoms. The van der Waals surface area contributed by atoms with E-state index in [9.17, 15) is 12.8 Å². The number of rotatable bonds is 4. The Balaban J connectivity index is 2.23. The molecule has 0 amide bonds. The molecule has 0 saturated heterocycles. The number of nitrogens with zero attached hydrogens (tertiary/aromatic N) is 2. The van der Waals surface area contributed by atoms with Crippen LogP contribution in [0.15, 0.2) is 36.5 Å². The van der Waals surface area contributed by atoms with Gasteiger partial charge in [0.1, 0.15) is 0 Å². The third-order valence-electron chi connectivity index (χ3n) is 2.44. The SMILES string of the molecule is N#Cc1ccnc(Oc2ccc(CS(N)(=O)=O)cc2F)c1. The monoisotopic (exact) mass is 307 g/mol. The minimum atomic E-state index is -3.73. The van der Waals surface area contributed by atoms with Crippen molar-refractivity contribution in [3.8, 4) is 17.7 Å². The molecule has 2 aromatic rings. The number of aromatic nitrogens is 1. The predicted molar refractivity (Wildman–Crippen MR) is 72.2 cm³/mol. The summed E-state index contributed by atoms with van der Waals surface area (Å²) in [4.78, 5) is 3.85. The molecule has 0 bridgehead atoms. The predicted octanol–water partition coefficient (Wildman–Crippen LogP) is 1.67. The van der Waals surface area contributed by atoms with Gasteiger partial charge in [-0.25, -0.2) is 22.9 Å². The van der Waals surface area contributed by atoms with Gasteiger partial charge in [0.15, 0.2) is 11.6 Å². The molecule has 1 heterocycles. The van der Waals surface area contributed by atoms with E-state index in [1.54, 1.807) is 0 Å². The Labute approximate surface area is 120 Å². The summed E-state index contributed by atoms with van der Waals surface area (Å²) in [5.74, 6) is -1.28. The molecule has 2 N–H and O–H groups in total. The normalized spacial score (nSPS) is 10.9. The van der Waals surface area contributed by atoms with Crippen molar-refractivity contribution >= 4 is 10.0 Å². The number of halogens is 1. The van der Waals surface area contributed by atoms with Gasteiger partial charge >= 0.3 is 0 Å². The van der Waals surface area contributed by atoms with E-state index >= 15 is 0 Å². The van der Waals surface area contributed by atoms with Crippen molar-refractivity contribution < 1.29 is 17.5 Å². The van der Waals surface area contributed by atoms with Crippen LogP contribution < -0.4 is 9.88 Å². The summed E-state index contributed by atoms with van der Waals surface area (Å²) in [5, 5.41) is 13.6. The van der Waals surface area contributed by atoms with E-state index in [2.05, 4.69) is 4.98 Å². The molecule has 6 nitrogen and oxygen atoms in total. The number of nitriles is 1. The lowest BCUT2D eigenvalue weighted by Crippen LogP contribution is -2.14. The number of primary sulfonamides is 1. The maximum absolute atomic E-state index is 13.8. The summed E-state index contributed by atoms with van der Waals surface area (Å²) >= 11 is 0. The largest absolute Gasteiger partial charge is 0.436 e. The summed E-state index contributed by atoms with van der Waals surface area (Å²) < 4.78 is 40.9. The molecule has 0 radical (unpaired) electrons. The lowest BCUT2D eigenvalue weighted by atomic mass is 10.2. The lowest BCUT2D eigenvalue weighted by molar-refractivity contribution is 0.427. The standard InChI is InChI=1S/C13H10FN3O3S/c14-11-5-10(8-21(16,18)19)1-2-12(11)20-13-6-9(7-15)3-4-17-13/h1-6H,8H2,(H2,16,18,19). The van der Waals surface area contributed by atoms with Crippen molar-refractivity contribution in [1.82, 2.24) is 4.98 Å². The number of pyridine rings is 1. The first-order valence-corrected chi connectivity index (χ1v) is 7.42. The molecule has 0 aliphatic carbocycles. The highest BCUT2D eigenvalue weighted by Gasteiger charge is 2.11. The zero-order chi connectivity index (χ0) is 15.5. The van der Waals surface area contributed by atoms with E-state index in [0.717, 1.165) is 6.07 Å². The van der Waals surface area contributed by atoms with Crippen molar-refractivity contribution in [2.75, 3.05) is 0 Å². The molecular formula is C13H10FN3O3S. The van der Waals surface area contributed by atoms with Crippen molar-refractivity contribution in [2.24, 2.45) is 5.14 Å². The number of ether oxygens (including phenoxy) is 1. The van der Waals surface area contributed by atoms with Gasteiger partial charge in [0, 0.05) is 12.3 Å². The van der Waals surface area contributed by atoms with Gasteiger partial charge in [-0.3, -0.25) is 0 Å². The third-order valence-corrected chi connectivity index (χ3v) is 3.18. The first kappa shape index (κ1) is 14.9. The van der Waals surface area contributed by atoms with E-state index in [1.165, 1.54) is 30.5 Å². The van der Waals surface area contributed by atoms with Gasteiger partial charge in [0.05, 0.1) is 17.4 Å². The van der Waals surface area contributed by atoms with Crippen LogP contribution in [-0.2, 0) is 15.8 Å². The van der Waals surface area contributed by atoms with Crippen LogP contribution in [0, 0.1) is 17.1 Å². The van der Waals surface area contributed by atoms with Gasteiger partial charge in [-0.15, -0.1) is 0 Å². The summed E-state index contributed by atoms with van der Waals surface area (Å²) in [6.07, 6.45) is 1.36. The highest BCUT2D eigenvalue weighted by Crippen LogP contribution is 2.24. The van der Waals surface area contributed by atoms with Crippen LogP contribution in [0.1, 0.15) is 11.1 Å². The molecule has 1 aromatic carbocycles. The van der Waals surface area contributed by atoms with Crippen molar-refractivity contribution in [1.29, 1.82) is 5.26 Å². The minimum absolute atomic E-state index is 0.0622. The Bertz CT molecular complexity index is 816. The molecule has 0 saturated carbocycles. The van der Waals surface area contributed by atoms with E-state index < -0.39 is 21.6 Å². The van der Waals surface area contributed by atoms with Gasteiger partial charge in [-0.2, -0.15) is 5.26 Å². The van der Waals surface area contributed by atoms with Gasteiger partial charge < -0.3 is 4.74 Å². The Morgan fingerprint density at radius 1 is 1.33 bits per heavy atom. The summed E-state index contributed by atoms with van der Waals surface area (Å²) in [7, 11) is -3.73. The van der Waals surface area contributed by atoms with Crippen molar-refractivity contribution in [3.05, 3.63) is 53.5 Å². The van der Waals surface area contributed by atoms with Crippen molar-refractivity contribution in [2.45, 2.75) is 5.75 Å². The molecule has 21 heavy (non-hydrogen) atoms. The second kappa shape index (κ2) is 5.87. The van der Waals surface area contributed by atoms with Crippen LogP contribution in [0.3, 0.4) is 0 Å². The molecule has 108 valence electrons. The molecule has 0 atom stereocenters. The Morgan fingerprint density at radius 3 is 2.71 bits per heavy atom. The minimum Gasteiger partial charge on any atom is -0.436 e. The van der Waals surface area contributed by atoms with Gasteiger partial charge in [0.2, 0.25) is 15.9 Å². The van der Waals surface area contributed by atoms with Crippen LogP contribution >= 0.6 is 0 Å². The number of sulfonamides is 1. The Hall–Kier alpha value is -2.50. The zero-order valence-electron chi connectivity index (χ0n) is 10.7. The van der Waals surface area contributed by atoms with E-state index in [1.807, 2.05) is 6.07 Å². The maximum Gasteiger partial charge on any atom is 0.220 e. The number of hydrogen-bond donors (Lipinski definition) is 1. The smallest absolute Gasteiger partial charge is 0.220 e. The van der Waals surface area contributed by atoms with Crippen LogP contribution in [0.25, 0.3) is 0 Å². The summed E-state index contributed by atoms with van der Waals surface area (Å²) in [5.41, 5.74) is 0.535. The highest BCUT2D eigenvalue weighted by molar-refractivity contribution is 7.88. The second-order valence-corrected chi connectivity index (χ2v) is 5.78. The number of hydrogen-bond acceptors (Lipinski definition) is 5. The molecule has 2 rings (SSSR count). The molecule has 1 aromatic heterocycles. The summed E-state index contributed by atoms with van der Waals surface area (Å²) in [6, 6.07) is 8.43. The Morgan fingerprint density at radius 2 is 2.10 bits per heavy atom. The summed E-state index contributed by atoms with van der Waals surface area (Å²) in [6.45, 7) is 0. The topological polar surface area (TPSA) is 106 Å². The van der Waals surface area contributed by atoms with Gasteiger partial charge in [0.25, 0.3) is 0 Å². The number of benzene rings is 1. The average Bonchev–Trinajstić information content (AvgIpc) is 2.40. The number of nitrogens with two attached hydrogens (primary N) is 1. The molecular weight excluding hydrogens is 297 g/mol. The maximum atomic E-state index is 13.8. The second-order valence-electron chi connectivity index (χ2n) is 4.17. The van der Waals surface area contributed by atoms with Crippen LogP contribution in [0.5, 0.6) is 11.6 Å².